The molecule has 2 rings (SSSR count). The van der Waals surface area contributed by atoms with Gasteiger partial charge in [0.25, 0.3) is 0 Å². The molecule has 0 bridgehead atoms. The van der Waals surface area contributed by atoms with E-state index in [0.717, 1.165) is 77.8 Å². The van der Waals surface area contributed by atoms with Crippen LogP contribution in [-0.2, 0) is 9.47 Å². The van der Waals surface area contributed by atoms with E-state index in [1.807, 2.05) is 32.7 Å². The lowest BCUT2D eigenvalue weighted by Crippen LogP contribution is -2.50. The van der Waals surface area contributed by atoms with Gasteiger partial charge in [0.2, 0.25) is 0 Å². The summed E-state index contributed by atoms with van der Waals surface area (Å²) in [5.41, 5.74) is -0.434. The summed E-state index contributed by atoms with van der Waals surface area (Å²) in [6, 6.07) is 0. The molecule has 162 valence electrons. The van der Waals surface area contributed by atoms with Gasteiger partial charge in [-0.25, -0.2) is 4.79 Å². The van der Waals surface area contributed by atoms with E-state index in [1.165, 1.54) is 0 Å². The van der Waals surface area contributed by atoms with Crippen LogP contribution in [0.25, 0.3) is 0 Å². The Morgan fingerprint density at radius 2 is 2.00 bits per heavy atom. The lowest BCUT2D eigenvalue weighted by molar-refractivity contribution is 0.0145. The first-order valence-corrected chi connectivity index (χ1v) is 10.5. The van der Waals surface area contributed by atoms with Crippen molar-refractivity contribution in [3.8, 4) is 0 Å². The van der Waals surface area contributed by atoms with Crippen molar-refractivity contribution in [1.82, 2.24) is 20.0 Å². The molecule has 0 saturated carbocycles. The highest BCUT2D eigenvalue weighted by Gasteiger charge is 2.25. The first-order valence-electron chi connectivity index (χ1n) is 10.5. The van der Waals surface area contributed by atoms with Crippen molar-refractivity contribution in [3.63, 3.8) is 0 Å². The zero-order valence-electron chi connectivity index (χ0n) is 18.4. The van der Waals surface area contributed by atoms with E-state index < -0.39 is 5.60 Å². The minimum Gasteiger partial charge on any atom is -0.444 e. The molecule has 2 saturated heterocycles. The molecule has 1 amide bonds. The number of carbonyl (C=O) groups excluding carboxylic acids is 1. The van der Waals surface area contributed by atoms with Crippen molar-refractivity contribution < 1.29 is 14.3 Å². The SMILES string of the molecule is CN=C(NCCCN1CCN(C(=O)OC(C)(C)C)CC1)N(C)CC1CCOC1. The summed E-state index contributed by atoms with van der Waals surface area (Å²) in [7, 11) is 3.92. The summed E-state index contributed by atoms with van der Waals surface area (Å²) in [5.74, 6) is 1.55. The minimum absolute atomic E-state index is 0.201. The van der Waals surface area contributed by atoms with Crippen molar-refractivity contribution in [1.29, 1.82) is 0 Å². The third kappa shape index (κ3) is 7.83. The van der Waals surface area contributed by atoms with Crippen molar-refractivity contribution in [3.05, 3.63) is 0 Å². The van der Waals surface area contributed by atoms with Crippen molar-refractivity contribution >= 4 is 12.1 Å². The standard InChI is InChI=1S/C20H39N5O3/c1-20(2,3)28-19(26)25-12-10-24(11-13-25)9-6-8-22-18(21-4)23(5)15-17-7-14-27-16-17/h17H,6-16H2,1-5H3,(H,21,22). The van der Waals surface area contributed by atoms with E-state index in [9.17, 15) is 4.79 Å². The van der Waals surface area contributed by atoms with Gasteiger partial charge in [0, 0.05) is 65.9 Å². The molecule has 2 aliphatic heterocycles. The van der Waals surface area contributed by atoms with E-state index in [-0.39, 0.29) is 6.09 Å². The molecule has 0 spiro atoms. The fourth-order valence-electron chi connectivity index (χ4n) is 3.57. The molecular formula is C20H39N5O3. The monoisotopic (exact) mass is 397 g/mol. The first kappa shape index (κ1) is 22.7. The number of carbonyl (C=O) groups is 1. The van der Waals surface area contributed by atoms with Crippen LogP contribution in [0.2, 0.25) is 0 Å². The summed E-state index contributed by atoms with van der Waals surface area (Å²) >= 11 is 0. The number of nitrogens with zero attached hydrogens (tertiary/aromatic N) is 4. The van der Waals surface area contributed by atoms with E-state index in [2.05, 4.69) is 27.2 Å². The predicted molar refractivity (Wildman–Crippen MR) is 112 cm³/mol. The lowest BCUT2D eigenvalue weighted by atomic mass is 10.1. The van der Waals surface area contributed by atoms with Gasteiger partial charge in [-0.3, -0.25) is 9.89 Å². The van der Waals surface area contributed by atoms with Crippen LogP contribution >= 0.6 is 0 Å². The Hall–Kier alpha value is -1.54. The zero-order chi connectivity index (χ0) is 20.6. The molecule has 2 heterocycles. The second kappa shape index (κ2) is 10.9. The van der Waals surface area contributed by atoms with Gasteiger partial charge in [0.15, 0.2) is 5.96 Å². The Morgan fingerprint density at radius 1 is 1.29 bits per heavy atom. The fraction of sp³-hybridized carbons (Fsp3) is 0.900. The van der Waals surface area contributed by atoms with Gasteiger partial charge in [-0.2, -0.15) is 0 Å². The van der Waals surface area contributed by atoms with Gasteiger partial charge in [0.1, 0.15) is 5.60 Å². The fourth-order valence-corrected chi connectivity index (χ4v) is 3.57. The summed E-state index contributed by atoms with van der Waals surface area (Å²) in [6.07, 6.45) is 1.98. The summed E-state index contributed by atoms with van der Waals surface area (Å²) in [5, 5.41) is 3.46. The maximum absolute atomic E-state index is 12.1. The number of hydrogen-bond donors (Lipinski definition) is 1. The average Bonchev–Trinajstić information content (AvgIpc) is 3.13. The molecule has 0 aromatic carbocycles. The van der Waals surface area contributed by atoms with Crippen LogP contribution in [0.5, 0.6) is 0 Å². The topological polar surface area (TPSA) is 69.6 Å². The van der Waals surface area contributed by atoms with Gasteiger partial charge < -0.3 is 24.6 Å². The maximum Gasteiger partial charge on any atom is 0.410 e. The highest BCUT2D eigenvalue weighted by atomic mass is 16.6. The van der Waals surface area contributed by atoms with Crippen LogP contribution in [0.1, 0.15) is 33.6 Å². The van der Waals surface area contributed by atoms with Gasteiger partial charge >= 0.3 is 6.09 Å². The number of guanidine groups is 1. The predicted octanol–water partition coefficient (Wildman–Crippen LogP) is 1.47. The molecule has 0 aliphatic carbocycles. The number of piperazine rings is 1. The summed E-state index contributed by atoms with van der Waals surface area (Å²) in [6.45, 7) is 13.6. The van der Waals surface area contributed by atoms with Gasteiger partial charge in [-0.05, 0) is 40.2 Å². The Balaban J connectivity index is 1.60. The summed E-state index contributed by atoms with van der Waals surface area (Å²) in [4.78, 5) is 22.9. The molecule has 28 heavy (non-hydrogen) atoms. The second-order valence-corrected chi connectivity index (χ2v) is 8.75. The highest BCUT2D eigenvalue weighted by Crippen LogP contribution is 2.13. The number of ether oxygens (including phenoxy) is 2. The molecule has 2 fully saturated rings. The van der Waals surface area contributed by atoms with Gasteiger partial charge in [-0.1, -0.05) is 0 Å². The zero-order valence-corrected chi connectivity index (χ0v) is 18.4. The molecular weight excluding hydrogens is 358 g/mol. The van der Waals surface area contributed by atoms with Crippen LogP contribution in [0, 0.1) is 5.92 Å². The number of hydrogen-bond acceptors (Lipinski definition) is 5. The largest absolute Gasteiger partial charge is 0.444 e. The first-order chi connectivity index (χ1) is 13.3. The van der Waals surface area contributed by atoms with Crippen molar-refractivity contribution in [2.75, 3.05) is 73.1 Å². The summed E-state index contributed by atoms with van der Waals surface area (Å²) < 4.78 is 10.9. The molecule has 2 aliphatic rings. The molecule has 0 aromatic heterocycles. The lowest BCUT2D eigenvalue weighted by Gasteiger charge is -2.35. The van der Waals surface area contributed by atoms with E-state index in [1.54, 1.807) is 0 Å². The van der Waals surface area contributed by atoms with Crippen LogP contribution in [0.4, 0.5) is 4.79 Å². The molecule has 1 unspecified atom stereocenters. The van der Waals surface area contributed by atoms with Gasteiger partial charge in [-0.15, -0.1) is 0 Å². The van der Waals surface area contributed by atoms with E-state index in [0.29, 0.717) is 5.92 Å². The molecule has 0 aromatic rings. The molecule has 1 atom stereocenters. The number of aliphatic imine (C=N–C) groups is 1. The second-order valence-electron chi connectivity index (χ2n) is 8.75. The Bertz CT molecular complexity index is 506. The molecule has 0 radical (unpaired) electrons. The van der Waals surface area contributed by atoms with Crippen LogP contribution in [0.3, 0.4) is 0 Å². The number of amides is 1. The van der Waals surface area contributed by atoms with Crippen LogP contribution in [-0.4, -0.2) is 105 Å². The highest BCUT2D eigenvalue weighted by molar-refractivity contribution is 5.79. The molecule has 1 N–H and O–H groups in total. The van der Waals surface area contributed by atoms with Crippen LogP contribution in [0.15, 0.2) is 4.99 Å². The Kier molecular flexibility index (Phi) is 8.82. The quantitative estimate of drug-likeness (QED) is 0.416. The Morgan fingerprint density at radius 3 is 2.57 bits per heavy atom. The normalized spacial score (nSPS) is 21.7. The maximum atomic E-state index is 12.1. The third-order valence-corrected chi connectivity index (χ3v) is 5.09. The third-order valence-electron chi connectivity index (χ3n) is 5.09. The van der Waals surface area contributed by atoms with Crippen LogP contribution < -0.4 is 5.32 Å². The number of rotatable bonds is 6. The molecule has 8 heteroatoms. The Labute approximate surface area is 170 Å². The van der Waals surface area contributed by atoms with Crippen molar-refractivity contribution in [2.45, 2.75) is 39.2 Å². The number of nitrogens with one attached hydrogen (secondary N) is 1. The minimum atomic E-state index is -0.434. The smallest absolute Gasteiger partial charge is 0.410 e. The van der Waals surface area contributed by atoms with Gasteiger partial charge in [0.05, 0.1) is 6.61 Å². The molecule has 8 nitrogen and oxygen atoms in total. The van der Waals surface area contributed by atoms with E-state index >= 15 is 0 Å². The van der Waals surface area contributed by atoms with Crippen molar-refractivity contribution in [2.24, 2.45) is 10.9 Å². The van der Waals surface area contributed by atoms with E-state index in [4.69, 9.17) is 9.47 Å². The average molecular weight is 398 g/mol.